The van der Waals surface area contributed by atoms with E-state index in [0.29, 0.717) is 18.7 Å². The van der Waals surface area contributed by atoms with Gasteiger partial charge >= 0.3 is 0 Å². The molecule has 8 heteroatoms. The van der Waals surface area contributed by atoms with Crippen LogP contribution < -0.4 is 10.6 Å². The van der Waals surface area contributed by atoms with E-state index in [4.69, 9.17) is 4.74 Å². The SMILES string of the molecule is CCOC1CC(NC(=NC)NCc2nnc3ccccn23)C1(CC)CC.I. The number of fused-ring (bicyclic) bond motifs is 1. The van der Waals surface area contributed by atoms with Crippen molar-refractivity contribution in [3.05, 3.63) is 30.2 Å². The number of rotatable bonds is 7. The van der Waals surface area contributed by atoms with Crippen LogP contribution in [0.5, 0.6) is 0 Å². The average Bonchev–Trinajstić information content (AvgIpc) is 3.08. The quantitative estimate of drug-likeness (QED) is 0.358. The molecule has 150 valence electrons. The van der Waals surface area contributed by atoms with Crippen molar-refractivity contribution >= 4 is 35.6 Å². The Morgan fingerprint density at radius 2 is 2.07 bits per heavy atom. The van der Waals surface area contributed by atoms with Gasteiger partial charge in [-0.15, -0.1) is 34.2 Å². The van der Waals surface area contributed by atoms with E-state index in [9.17, 15) is 0 Å². The van der Waals surface area contributed by atoms with E-state index >= 15 is 0 Å². The molecule has 1 aliphatic carbocycles. The third-order valence-electron chi connectivity index (χ3n) is 5.80. The van der Waals surface area contributed by atoms with Gasteiger partial charge in [-0.05, 0) is 38.3 Å². The lowest BCUT2D eigenvalue weighted by molar-refractivity contribution is -0.133. The Morgan fingerprint density at radius 3 is 2.74 bits per heavy atom. The Kier molecular flexibility index (Phi) is 7.84. The fourth-order valence-corrected chi connectivity index (χ4v) is 4.12. The maximum atomic E-state index is 5.97. The maximum Gasteiger partial charge on any atom is 0.191 e. The molecule has 2 aromatic rings. The molecule has 1 aliphatic rings. The first-order valence-electron chi connectivity index (χ1n) is 9.55. The molecule has 2 unspecified atom stereocenters. The minimum atomic E-state index is 0. The Balaban J connectivity index is 0.00000261. The van der Waals surface area contributed by atoms with Crippen LogP contribution in [-0.2, 0) is 11.3 Å². The molecule has 1 saturated carbocycles. The largest absolute Gasteiger partial charge is 0.378 e. The van der Waals surface area contributed by atoms with Crippen molar-refractivity contribution in [3.8, 4) is 0 Å². The summed E-state index contributed by atoms with van der Waals surface area (Å²) in [4.78, 5) is 4.39. The number of hydrogen-bond acceptors (Lipinski definition) is 4. The molecule has 0 saturated heterocycles. The average molecular weight is 486 g/mol. The van der Waals surface area contributed by atoms with E-state index in [1.54, 1.807) is 7.05 Å². The number of halogens is 1. The van der Waals surface area contributed by atoms with Crippen molar-refractivity contribution < 1.29 is 4.74 Å². The number of aliphatic imine (C=N–C) groups is 1. The molecule has 1 fully saturated rings. The standard InChI is InChI=1S/C19H30N6O.HI/c1-5-19(6-2)14(12-15(19)26-7-3)22-18(20-4)21-13-17-24-23-16-10-8-9-11-25(16)17;/h8-11,14-15H,5-7,12-13H2,1-4H3,(H2,20,21,22);1H. The highest BCUT2D eigenvalue weighted by Crippen LogP contribution is 2.48. The van der Waals surface area contributed by atoms with Gasteiger partial charge in [-0.25, -0.2) is 0 Å². The summed E-state index contributed by atoms with van der Waals surface area (Å²) in [6, 6.07) is 6.26. The topological polar surface area (TPSA) is 75.8 Å². The van der Waals surface area contributed by atoms with Crippen molar-refractivity contribution in [2.75, 3.05) is 13.7 Å². The van der Waals surface area contributed by atoms with Gasteiger partial charge < -0.3 is 15.4 Å². The predicted molar refractivity (Wildman–Crippen MR) is 119 cm³/mol. The molecular weight excluding hydrogens is 455 g/mol. The van der Waals surface area contributed by atoms with Gasteiger partial charge in [-0.3, -0.25) is 9.39 Å². The van der Waals surface area contributed by atoms with Gasteiger partial charge in [0.15, 0.2) is 17.4 Å². The van der Waals surface area contributed by atoms with Crippen molar-refractivity contribution in [1.82, 2.24) is 25.2 Å². The van der Waals surface area contributed by atoms with Crippen LogP contribution in [0.2, 0.25) is 0 Å². The van der Waals surface area contributed by atoms with Crippen LogP contribution in [0.1, 0.15) is 45.9 Å². The van der Waals surface area contributed by atoms with E-state index < -0.39 is 0 Å². The lowest BCUT2D eigenvalue weighted by Crippen LogP contribution is -2.65. The van der Waals surface area contributed by atoms with Crippen LogP contribution in [0.4, 0.5) is 0 Å². The molecule has 2 aromatic heterocycles. The Labute approximate surface area is 178 Å². The number of hydrogen-bond donors (Lipinski definition) is 2. The van der Waals surface area contributed by atoms with Gasteiger partial charge in [0.25, 0.3) is 0 Å². The number of aromatic nitrogens is 3. The molecule has 2 N–H and O–H groups in total. The molecule has 3 rings (SSSR count). The van der Waals surface area contributed by atoms with Crippen molar-refractivity contribution in [3.63, 3.8) is 0 Å². The highest BCUT2D eigenvalue weighted by molar-refractivity contribution is 14.0. The summed E-state index contributed by atoms with van der Waals surface area (Å²) in [5.74, 6) is 1.66. The number of nitrogens with one attached hydrogen (secondary N) is 2. The summed E-state index contributed by atoms with van der Waals surface area (Å²) < 4.78 is 7.95. The summed E-state index contributed by atoms with van der Waals surface area (Å²) >= 11 is 0. The third-order valence-corrected chi connectivity index (χ3v) is 5.80. The third kappa shape index (κ3) is 4.21. The molecule has 0 bridgehead atoms. The van der Waals surface area contributed by atoms with Crippen LogP contribution in [-0.4, -0.2) is 46.4 Å². The summed E-state index contributed by atoms with van der Waals surface area (Å²) in [5, 5.41) is 15.4. The van der Waals surface area contributed by atoms with Crippen molar-refractivity contribution in [2.45, 2.75) is 58.7 Å². The lowest BCUT2D eigenvalue weighted by Gasteiger charge is -2.55. The summed E-state index contributed by atoms with van der Waals surface area (Å²) in [5.41, 5.74) is 1.02. The predicted octanol–water partition coefficient (Wildman–Crippen LogP) is 3.00. The fourth-order valence-electron chi connectivity index (χ4n) is 4.12. The van der Waals surface area contributed by atoms with Crippen molar-refractivity contribution in [2.24, 2.45) is 10.4 Å². The van der Waals surface area contributed by atoms with E-state index in [1.807, 2.05) is 28.8 Å². The summed E-state index contributed by atoms with van der Waals surface area (Å²) in [6.45, 7) is 7.91. The molecule has 7 nitrogen and oxygen atoms in total. The maximum absolute atomic E-state index is 5.97. The minimum Gasteiger partial charge on any atom is -0.378 e. The Hall–Kier alpha value is -1.42. The van der Waals surface area contributed by atoms with Crippen molar-refractivity contribution in [1.29, 1.82) is 0 Å². The summed E-state index contributed by atoms with van der Waals surface area (Å²) in [7, 11) is 1.80. The number of nitrogens with zero attached hydrogens (tertiary/aromatic N) is 4. The Morgan fingerprint density at radius 1 is 1.30 bits per heavy atom. The van der Waals surface area contributed by atoms with Crippen LogP contribution in [0.15, 0.2) is 29.4 Å². The first-order chi connectivity index (χ1) is 12.7. The summed E-state index contributed by atoms with van der Waals surface area (Å²) in [6.07, 6.45) is 5.51. The second kappa shape index (κ2) is 9.68. The molecule has 2 heterocycles. The number of pyridine rings is 1. The molecule has 0 radical (unpaired) electrons. The lowest BCUT2D eigenvalue weighted by atomic mass is 9.58. The van der Waals surface area contributed by atoms with E-state index in [1.165, 1.54) is 0 Å². The van der Waals surface area contributed by atoms with Gasteiger partial charge in [0.05, 0.1) is 12.6 Å². The molecule has 0 aromatic carbocycles. The molecule has 0 aliphatic heterocycles. The molecule has 2 atom stereocenters. The molecule has 27 heavy (non-hydrogen) atoms. The highest BCUT2D eigenvalue weighted by Gasteiger charge is 2.53. The molecule has 0 amide bonds. The van der Waals surface area contributed by atoms with Gasteiger partial charge in [0.2, 0.25) is 0 Å². The second-order valence-corrected chi connectivity index (χ2v) is 6.79. The fraction of sp³-hybridized carbons (Fsp3) is 0.632. The van der Waals surface area contributed by atoms with Gasteiger partial charge in [0.1, 0.15) is 0 Å². The normalized spacial score (nSPS) is 21.4. The first kappa shape index (κ1) is 21.9. The number of ether oxygens (including phenoxy) is 1. The zero-order valence-corrected chi connectivity index (χ0v) is 18.9. The van der Waals surface area contributed by atoms with Gasteiger partial charge in [-0.1, -0.05) is 19.9 Å². The minimum absolute atomic E-state index is 0. The van der Waals surface area contributed by atoms with Gasteiger partial charge in [-0.2, -0.15) is 0 Å². The van der Waals surface area contributed by atoms with Gasteiger partial charge in [0, 0.05) is 31.3 Å². The Bertz CT molecular complexity index is 757. The van der Waals surface area contributed by atoms with Crippen LogP contribution in [0.25, 0.3) is 5.65 Å². The van der Waals surface area contributed by atoms with E-state index in [0.717, 1.165) is 43.3 Å². The smallest absolute Gasteiger partial charge is 0.191 e. The first-order valence-corrected chi connectivity index (χ1v) is 9.55. The highest BCUT2D eigenvalue weighted by atomic mass is 127. The monoisotopic (exact) mass is 486 g/mol. The zero-order chi connectivity index (χ0) is 18.6. The van der Waals surface area contributed by atoms with Crippen LogP contribution in [0.3, 0.4) is 0 Å². The van der Waals surface area contributed by atoms with E-state index in [-0.39, 0.29) is 29.4 Å². The zero-order valence-electron chi connectivity index (χ0n) is 16.6. The number of guanidine groups is 1. The molecular formula is C19H31IN6O. The second-order valence-electron chi connectivity index (χ2n) is 6.79. The van der Waals surface area contributed by atoms with Crippen LogP contribution >= 0.6 is 24.0 Å². The van der Waals surface area contributed by atoms with Crippen LogP contribution in [0, 0.1) is 5.41 Å². The van der Waals surface area contributed by atoms with E-state index in [2.05, 4.69) is 46.6 Å². The molecule has 0 spiro atoms.